The number of furan rings is 1. The molecule has 0 bridgehead atoms. The first kappa shape index (κ1) is 23.5. The van der Waals surface area contributed by atoms with Crippen molar-refractivity contribution in [2.24, 2.45) is 0 Å². The van der Waals surface area contributed by atoms with E-state index < -0.39 is 39.0 Å². The van der Waals surface area contributed by atoms with Gasteiger partial charge in [-0.15, -0.1) is 0 Å². The molecule has 0 fully saturated rings. The van der Waals surface area contributed by atoms with Gasteiger partial charge in [0.05, 0.1) is 40.7 Å². The van der Waals surface area contributed by atoms with Crippen LogP contribution in [0.5, 0.6) is 5.75 Å². The molecule has 0 radical (unpaired) electrons. The largest absolute Gasteiger partial charge is 0.494 e. The fraction of sp³-hybridized carbons (Fsp3) is 0.143. The predicted molar refractivity (Wildman–Crippen MR) is 115 cm³/mol. The number of carbonyl (C=O) groups excluding carboxylic acids is 2. The molecule has 0 atom stereocenters. The Morgan fingerprint density at radius 2 is 1.85 bits per heavy atom. The molecule has 1 aromatic heterocycles. The van der Waals surface area contributed by atoms with Gasteiger partial charge in [-0.3, -0.25) is 14.9 Å². The Bertz CT molecular complexity index is 1280. The number of esters is 1. The van der Waals surface area contributed by atoms with Gasteiger partial charge in [0.25, 0.3) is 11.6 Å². The number of non-ortho nitro benzene ring substituents is 1. The number of sulfone groups is 1. The molecular weight excluding hydrogens is 456 g/mol. The van der Waals surface area contributed by atoms with Crippen LogP contribution < -0.4 is 10.1 Å². The summed E-state index contributed by atoms with van der Waals surface area (Å²) in [6, 6.07) is 12.6. The summed E-state index contributed by atoms with van der Waals surface area (Å²) in [6.07, 6.45) is 1.15. The third-order valence-electron chi connectivity index (χ3n) is 4.38. The lowest BCUT2D eigenvalue weighted by Crippen LogP contribution is -2.21. The molecule has 11 nitrogen and oxygen atoms in total. The highest BCUT2D eigenvalue weighted by molar-refractivity contribution is 7.90. The minimum Gasteiger partial charge on any atom is -0.494 e. The average Bonchev–Trinajstić information content (AvgIpc) is 3.25. The van der Waals surface area contributed by atoms with Gasteiger partial charge in [-0.2, -0.15) is 0 Å². The first-order valence-electron chi connectivity index (χ1n) is 9.35. The molecule has 0 saturated carbocycles. The number of nitrogens with zero attached hydrogens (tertiary/aromatic N) is 1. The van der Waals surface area contributed by atoms with Crippen molar-refractivity contribution in [2.75, 3.05) is 19.0 Å². The molecule has 0 unspecified atom stereocenters. The van der Waals surface area contributed by atoms with E-state index in [1.54, 1.807) is 18.2 Å². The summed E-state index contributed by atoms with van der Waals surface area (Å²) >= 11 is 0. The van der Waals surface area contributed by atoms with Crippen LogP contribution in [0.4, 0.5) is 11.4 Å². The van der Waals surface area contributed by atoms with Gasteiger partial charge in [-0.25, -0.2) is 13.2 Å². The van der Waals surface area contributed by atoms with Gasteiger partial charge in [0.2, 0.25) is 5.76 Å². The molecule has 0 aliphatic rings. The summed E-state index contributed by atoms with van der Waals surface area (Å²) in [5.74, 6) is -2.56. The molecule has 0 aliphatic heterocycles. The van der Waals surface area contributed by atoms with Crippen LogP contribution in [0.15, 0.2) is 70.2 Å². The maximum absolute atomic E-state index is 12.6. The van der Waals surface area contributed by atoms with E-state index in [2.05, 4.69) is 5.32 Å². The second-order valence-corrected chi connectivity index (χ2v) is 8.60. The number of rotatable bonds is 9. The predicted octanol–water partition coefficient (Wildman–Crippen LogP) is 2.97. The highest BCUT2D eigenvalue weighted by Crippen LogP contribution is 2.29. The number of carbonyl (C=O) groups is 2. The number of hydrogen-bond acceptors (Lipinski definition) is 9. The molecule has 3 aromatic rings. The fourth-order valence-corrected chi connectivity index (χ4v) is 4.20. The third kappa shape index (κ3) is 5.74. The van der Waals surface area contributed by atoms with Crippen molar-refractivity contribution in [3.63, 3.8) is 0 Å². The zero-order chi connectivity index (χ0) is 24.0. The summed E-state index contributed by atoms with van der Waals surface area (Å²) in [5, 5.41) is 13.3. The number of ether oxygens (including phenoxy) is 2. The molecule has 33 heavy (non-hydrogen) atoms. The molecule has 3 rings (SSSR count). The Morgan fingerprint density at radius 3 is 2.52 bits per heavy atom. The molecule has 12 heteroatoms. The topological polar surface area (TPSA) is 155 Å². The number of amides is 1. The monoisotopic (exact) mass is 474 g/mol. The van der Waals surface area contributed by atoms with E-state index in [-0.39, 0.29) is 33.3 Å². The van der Waals surface area contributed by atoms with Crippen LogP contribution in [0, 0.1) is 10.1 Å². The molecule has 172 valence electrons. The number of hydrogen-bond donors (Lipinski definition) is 1. The van der Waals surface area contributed by atoms with E-state index in [1.165, 1.54) is 37.4 Å². The molecule has 1 amide bonds. The number of methoxy groups -OCH3 is 1. The number of nitro groups is 1. The van der Waals surface area contributed by atoms with Crippen molar-refractivity contribution in [1.82, 2.24) is 0 Å². The molecule has 1 N–H and O–H groups in total. The molecule has 1 heterocycles. The Labute approximate surface area is 188 Å². The van der Waals surface area contributed by atoms with Gasteiger partial charge in [0.15, 0.2) is 16.4 Å². The van der Waals surface area contributed by atoms with E-state index in [1.807, 2.05) is 0 Å². The quantitative estimate of drug-likeness (QED) is 0.280. The van der Waals surface area contributed by atoms with Gasteiger partial charge in [-0.05, 0) is 24.3 Å². The molecule has 0 spiro atoms. The zero-order valence-electron chi connectivity index (χ0n) is 17.2. The van der Waals surface area contributed by atoms with Crippen LogP contribution in [0.25, 0.3) is 0 Å². The number of anilines is 1. The highest BCUT2D eigenvalue weighted by atomic mass is 32.2. The average molecular weight is 474 g/mol. The summed E-state index contributed by atoms with van der Waals surface area (Å²) in [4.78, 5) is 34.8. The second kappa shape index (κ2) is 9.96. The summed E-state index contributed by atoms with van der Waals surface area (Å²) in [6.45, 7) is -0.718. The summed E-state index contributed by atoms with van der Waals surface area (Å²) in [5.41, 5.74) is -0.00910. The molecule has 0 saturated heterocycles. The van der Waals surface area contributed by atoms with Gasteiger partial charge in [-0.1, -0.05) is 18.2 Å². The maximum atomic E-state index is 12.6. The van der Waals surface area contributed by atoms with Crippen molar-refractivity contribution < 1.29 is 36.8 Å². The Hall–Kier alpha value is -4.19. The van der Waals surface area contributed by atoms with E-state index in [0.717, 1.165) is 12.3 Å². The van der Waals surface area contributed by atoms with Crippen LogP contribution in [0.1, 0.15) is 16.1 Å². The number of nitro benzene ring substituents is 1. The Morgan fingerprint density at radius 1 is 1.12 bits per heavy atom. The zero-order valence-corrected chi connectivity index (χ0v) is 18.0. The van der Waals surface area contributed by atoms with Crippen LogP contribution in [-0.2, 0) is 25.1 Å². The SMILES string of the molecule is COc1cc([N+](=O)[O-])ccc1NC(=O)COC(=O)c1occc1CS(=O)(=O)c1ccccc1. The van der Waals surface area contributed by atoms with Crippen molar-refractivity contribution in [1.29, 1.82) is 0 Å². The van der Waals surface area contributed by atoms with Gasteiger partial charge < -0.3 is 19.2 Å². The van der Waals surface area contributed by atoms with E-state index in [9.17, 15) is 28.1 Å². The first-order valence-corrected chi connectivity index (χ1v) is 11.0. The van der Waals surface area contributed by atoms with E-state index >= 15 is 0 Å². The summed E-state index contributed by atoms with van der Waals surface area (Å²) < 4.78 is 40.1. The van der Waals surface area contributed by atoms with Gasteiger partial charge in [0, 0.05) is 11.6 Å². The van der Waals surface area contributed by atoms with Crippen LogP contribution >= 0.6 is 0 Å². The standard InChI is InChI=1S/C21H18N2O9S/c1-30-18-11-15(23(26)27)7-8-17(18)22-19(24)12-32-21(25)20-14(9-10-31-20)13-33(28,29)16-5-3-2-4-6-16/h2-11H,12-13H2,1H3,(H,22,24). The van der Waals surface area contributed by atoms with Gasteiger partial charge >= 0.3 is 5.97 Å². The Kier molecular flexibility index (Phi) is 7.08. The second-order valence-electron chi connectivity index (χ2n) is 6.61. The van der Waals surface area contributed by atoms with E-state index in [4.69, 9.17) is 13.9 Å². The normalized spacial score (nSPS) is 10.9. The van der Waals surface area contributed by atoms with Crippen molar-refractivity contribution in [2.45, 2.75) is 10.6 Å². The van der Waals surface area contributed by atoms with E-state index in [0.29, 0.717) is 0 Å². The molecule has 0 aliphatic carbocycles. The minimum absolute atomic E-state index is 0.0447. The van der Waals surface area contributed by atoms with Crippen LogP contribution in [0.3, 0.4) is 0 Å². The van der Waals surface area contributed by atoms with Crippen molar-refractivity contribution in [3.8, 4) is 5.75 Å². The van der Waals surface area contributed by atoms with Crippen LogP contribution in [0.2, 0.25) is 0 Å². The van der Waals surface area contributed by atoms with Gasteiger partial charge in [0.1, 0.15) is 5.75 Å². The maximum Gasteiger partial charge on any atom is 0.375 e. The molecule has 2 aromatic carbocycles. The lowest BCUT2D eigenvalue weighted by Gasteiger charge is -2.10. The third-order valence-corrected chi connectivity index (χ3v) is 6.07. The number of benzene rings is 2. The highest BCUT2D eigenvalue weighted by Gasteiger charge is 2.24. The summed E-state index contributed by atoms with van der Waals surface area (Å²) in [7, 11) is -2.46. The Balaban J connectivity index is 1.64. The fourth-order valence-electron chi connectivity index (χ4n) is 2.82. The first-order chi connectivity index (χ1) is 15.7. The lowest BCUT2D eigenvalue weighted by molar-refractivity contribution is -0.384. The van der Waals surface area contributed by atoms with Crippen molar-refractivity contribution >= 4 is 33.1 Å². The smallest absolute Gasteiger partial charge is 0.375 e. The molecular formula is C21H18N2O9S. The van der Waals surface area contributed by atoms with Crippen LogP contribution in [-0.4, -0.2) is 38.9 Å². The minimum atomic E-state index is -3.74. The number of nitrogens with one attached hydrogen (secondary N) is 1. The van der Waals surface area contributed by atoms with Crippen molar-refractivity contribution in [3.05, 3.63) is 82.3 Å². The lowest BCUT2D eigenvalue weighted by atomic mass is 10.2.